The van der Waals surface area contributed by atoms with Gasteiger partial charge < -0.3 is 4.57 Å². The van der Waals surface area contributed by atoms with E-state index in [9.17, 15) is 0 Å². The van der Waals surface area contributed by atoms with Crippen LogP contribution < -0.4 is 0 Å². The average molecular weight is 461 g/mol. The summed E-state index contributed by atoms with van der Waals surface area (Å²) in [7, 11) is 0. The van der Waals surface area contributed by atoms with Crippen LogP contribution in [0.15, 0.2) is 109 Å². The molecule has 1 aliphatic rings. The van der Waals surface area contributed by atoms with Gasteiger partial charge in [0.1, 0.15) is 0 Å². The fourth-order valence-corrected chi connectivity index (χ4v) is 6.58. The van der Waals surface area contributed by atoms with Gasteiger partial charge in [0.05, 0.1) is 16.6 Å². The minimum Gasteiger partial charge on any atom is -0.309 e. The molecule has 0 radical (unpaired) electrons. The predicted molar refractivity (Wildman–Crippen MR) is 151 cm³/mol. The highest BCUT2D eigenvalue weighted by Crippen LogP contribution is 2.52. The Bertz CT molecular complexity index is 2020. The molecule has 8 rings (SSSR count). The van der Waals surface area contributed by atoms with Crippen molar-refractivity contribution in [2.45, 2.75) is 19.3 Å². The third-order valence-corrected chi connectivity index (χ3v) is 8.18. The van der Waals surface area contributed by atoms with Crippen molar-refractivity contribution in [3.8, 4) is 16.8 Å². The second-order valence-corrected chi connectivity index (χ2v) is 10.5. The fraction of sp³-hybridized carbons (Fsp3) is 0.0882. The molecule has 2 heteroatoms. The molecule has 0 unspecified atom stereocenters. The first kappa shape index (κ1) is 19.8. The van der Waals surface area contributed by atoms with Crippen LogP contribution in [-0.4, -0.2) is 9.55 Å². The van der Waals surface area contributed by atoms with E-state index in [4.69, 9.17) is 0 Å². The Hall–Kier alpha value is -4.43. The molecule has 170 valence electrons. The van der Waals surface area contributed by atoms with Crippen molar-refractivity contribution in [1.82, 2.24) is 9.55 Å². The lowest BCUT2D eigenvalue weighted by Gasteiger charge is -2.23. The van der Waals surface area contributed by atoms with Gasteiger partial charge in [-0.2, -0.15) is 0 Å². The lowest BCUT2D eigenvalue weighted by Crippen LogP contribution is -2.16. The van der Waals surface area contributed by atoms with Crippen molar-refractivity contribution in [2.75, 3.05) is 0 Å². The SMILES string of the molecule is CC1(C)c2ccccc2-c2ccc3c4ccccc4n(-c4ccc5c(ccc6cccnc65)c4)c3c21. The monoisotopic (exact) mass is 460 g/mol. The first-order valence-corrected chi connectivity index (χ1v) is 12.6. The Labute approximate surface area is 209 Å². The maximum Gasteiger partial charge on any atom is 0.0780 e. The summed E-state index contributed by atoms with van der Waals surface area (Å²) in [4.78, 5) is 4.68. The minimum absolute atomic E-state index is 0.0888. The molecule has 7 aromatic rings. The van der Waals surface area contributed by atoms with Crippen LogP contribution in [0, 0.1) is 0 Å². The number of fused-ring (bicyclic) bond motifs is 10. The van der Waals surface area contributed by atoms with Crippen molar-refractivity contribution >= 4 is 43.5 Å². The maximum absolute atomic E-state index is 4.68. The Morgan fingerprint density at radius 3 is 2.39 bits per heavy atom. The third-order valence-electron chi connectivity index (χ3n) is 8.18. The number of pyridine rings is 1. The molecule has 0 atom stereocenters. The molecular weight excluding hydrogens is 436 g/mol. The van der Waals surface area contributed by atoms with Gasteiger partial charge in [-0.1, -0.05) is 92.7 Å². The Morgan fingerprint density at radius 1 is 0.639 bits per heavy atom. The van der Waals surface area contributed by atoms with Crippen molar-refractivity contribution in [3.05, 3.63) is 120 Å². The van der Waals surface area contributed by atoms with Gasteiger partial charge in [-0.05, 0) is 51.9 Å². The van der Waals surface area contributed by atoms with Gasteiger partial charge in [0, 0.05) is 38.8 Å². The van der Waals surface area contributed by atoms with Gasteiger partial charge in [-0.15, -0.1) is 0 Å². The van der Waals surface area contributed by atoms with E-state index in [2.05, 4.69) is 120 Å². The molecule has 2 heterocycles. The molecule has 0 aliphatic heterocycles. The molecule has 0 spiro atoms. The summed E-state index contributed by atoms with van der Waals surface area (Å²) in [5, 5.41) is 6.18. The molecule has 36 heavy (non-hydrogen) atoms. The molecule has 0 amide bonds. The van der Waals surface area contributed by atoms with Gasteiger partial charge in [-0.25, -0.2) is 0 Å². The highest BCUT2D eigenvalue weighted by molar-refractivity contribution is 6.13. The molecule has 5 aromatic carbocycles. The number of para-hydroxylation sites is 1. The summed E-state index contributed by atoms with van der Waals surface area (Å²) >= 11 is 0. The van der Waals surface area contributed by atoms with Crippen LogP contribution in [0.25, 0.3) is 60.3 Å². The summed E-state index contributed by atoms with van der Waals surface area (Å²) < 4.78 is 2.49. The zero-order chi connectivity index (χ0) is 24.0. The second-order valence-electron chi connectivity index (χ2n) is 10.5. The molecule has 0 N–H and O–H groups in total. The molecular formula is C34H24N2. The van der Waals surface area contributed by atoms with Crippen LogP contribution in [0.4, 0.5) is 0 Å². The van der Waals surface area contributed by atoms with Crippen LogP contribution in [0.5, 0.6) is 0 Å². The van der Waals surface area contributed by atoms with Crippen LogP contribution >= 0.6 is 0 Å². The van der Waals surface area contributed by atoms with Crippen LogP contribution in [-0.2, 0) is 5.41 Å². The Balaban J connectivity index is 1.51. The highest BCUT2D eigenvalue weighted by Gasteiger charge is 2.38. The fourth-order valence-electron chi connectivity index (χ4n) is 6.58. The lowest BCUT2D eigenvalue weighted by molar-refractivity contribution is 0.664. The first-order valence-electron chi connectivity index (χ1n) is 12.6. The van der Waals surface area contributed by atoms with Crippen molar-refractivity contribution in [1.29, 1.82) is 0 Å². The van der Waals surface area contributed by atoms with Gasteiger partial charge >= 0.3 is 0 Å². The van der Waals surface area contributed by atoms with Crippen molar-refractivity contribution < 1.29 is 0 Å². The number of hydrogen-bond donors (Lipinski definition) is 0. The number of hydrogen-bond acceptors (Lipinski definition) is 1. The topological polar surface area (TPSA) is 17.8 Å². The smallest absolute Gasteiger partial charge is 0.0780 e. The van der Waals surface area contributed by atoms with E-state index >= 15 is 0 Å². The summed E-state index contributed by atoms with van der Waals surface area (Å²) in [6, 6.07) is 37.7. The van der Waals surface area contributed by atoms with E-state index < -0.39 is 0 Å². The minimum atomic E-state index is -0.0888. The van der Waals surface area contributed by atoms with E-state index in [-0.39, 0.29) is 5.41 Å². The largest absolute Gasteiger partial charge is 0.309 e. The molecule has 2 aromatic heterocycles. The Kier molecular flexibility index (Phi) is 3.76. The number of aromatic nitrogens is 2. The van der Waals surface area contributed by atoms with E-state index in [1.54, 1.807) is 0 Å². The predicted octanol–water partition coefficient (Wildman–Crippen LogP) is 8.79. The second kappa shape index (κ2) is 6.83. The summed E-state index contributed by atoms with van der Waals surface area (Å²) in [6.07, 6.45) is 1.88. The Morgan fingerprint density at radius 2 is 1.44 bits per heavy atom. The van der Waals surface area contributed by atoms with Gasteiger partial charge in [0.15, 0.2) is 0 Å². The van der Waals surface area contributed by atoms with E-state index in [1.807, 2.05) is 12.3 Å². The molecule has 0 saturated heterocycles. The maximum atomic E-state index is 4.68. The zero-order valence-corrected chi connectivity index (χ0v) is 20.3. The third kappa shape index (κ3) is 2.43. The van der Waals surface area contributed by atoms with Crippen molar-refractivity contribution in [3.63, 3.8) is 0 Å². The van der Waals surface area contributed by atoms with E-state index in [0.29, 0.717) is 0 Å². The number of benzene rings is 5. The van der Waals surface area contributed by atoms with Crippen molar-refractivity contribution in [2.24, 2.45) is 0 Å². The van der Waals surface area contributed by atoms with Crippen LogP contribution in [0.2, 0.25) is 0 Å². The van der Waals surface area contributed by atoms with Gasteiger partial charge in [-0.3, -0.25) is 4.98 Å². The standard InChI is InChI=1S/C34H24N2/c1-34(2)29-11-5-3-9-25(29)27-17-18-28-26-10-4-6-12-30(26)36(33(28)31(27)34)23-15-16-24-22(20-23)14-13-21-8-7-19-35-32(21)24/h3-20H,1-2H3. The number of rotatable bonds is 1. The summed E-state index contributed by atoms with van der Waals surface area (Å²) in [6.45, 7) is 4.74. The molecule has 0 saturated carbocycles. The quantitative estimate of drug-likeness (QED) is 0.224. The number of nitrogens with zero attached hydrogens (tertiary/aromatic N) is 2. The normalized spacial score (nSPS) is 14.1. The van der Waals surface area contributed by atoms with E-state index in [1.165, 1.54) is 65.9 Å². The average Bonchev–Trinajstić information content (AvgIpc) is 3.37. The molecule has 1 aliphatic carbocycles. The van der Waals surface area contributed by atoms with Crippen LogP contribution in [0.1, 0.15) is 25.0 Å². The highest BCUT2D eigenvalue weighted by atomic mass is 15.0. The lowest BCUT2D eigenvalue weighted by atomic mass is 9.81. The molecule has 2 nitrogen and oxygen atoms in total. The molecule has 0 bridgehead atoms. The summed E-state index contributed by atoms with van der Waals surface area (Å²) in [5.41, 5.74) is 10.2. The van der Waals surface area contributed by atoms with Gasteiger partial charge in [0.25, 0.3) is 0 Å². The zero-order valence-electron chi connectivity index (χ0n) is 20.3. The van der Waals surface area contributed by atoms with Crippen LogP contribution in [0.3, 0.4) is 0 Å². The summed E-state index contributed by atoms with van der Waals surface area (Å²) in [5.74, 6) is 0. The molecule has 0 fully saturated rings. The van der Waals surface area contributed by atoms with E-state index in [0.717, 1.165) is 5.52 Å². The first-order chi connectivity index (χ1) is 17.6. The van der Waals surface area contributed by atoms with Gasteiger partial charge in [0.2, 0.25) is 0 Å².